The van der Waals surface area contributed by atoms with Crippen molar-refractivity contribution < 1.29 is 0 Å². The highest BCUT2D eigenvalue weighted by molar-refractivity contribution is 9.10. The van der Waals surface area contributed by atoms with Crippen LogP contribution >= 0.6 is 27.3 Å². The Bertz CT molecular complexity index is 400. The molecule has 0 aliphatic carbocycles. The Morgan fingerprint density at radius 1 is 1.30 bits per heavy atom. The van der Waals surface area contributed by atoms with Gasteiger partial charge in [0, 0.05) is 54.7 Å². The minimum atomic E-state index is 0.641. The van der Waals surface area contributed by atoms with E-state index in [1.165, 1.54) is 35.5 Å². The summed E-state index contributed by atoms with van der Waals surface area (Å²) in [7, 11) is 2.22. The summed E-state index contributed by atoms with van der Waals surface area (Å²) in [5, 5.41) is 5.78. The van der Waals surface area contributed by atoms with E-state index in [1.807, 2.05) is 11.3 Å². The van der Waals surface area contributed by atoms with Gasteiger partial charge < -0.3 is 10.2 Å². The maximum atomic E-state index is 3.64. The monoisotopic (exact) mass is 359 g/mol. The first-order valence-electron chi connectivity index (χ1n) is 7.43. The van der Waals surface area contributed by atoms with E-state index >= 15 is 0 Å². The summed E-state index contributed by atoms with van der Waals surface area (Å²) >= 11 is 5.42. The number of rotatable bonds is 6. The number of thiophene rings is 1. The molecule has 1 unspecified atom stereocenters. The summed E-state index contributed by atoms with van der Waals surface area (Å²) in [5.41, 5.74) is 0. The Kier molecular flexibility index (Phi) is 6.49. The second-order valence-electron chi connectivity index (χ2n) is 5.97. The molecule has 0 bridgehead atoms. The molecular formula is C15H26BrN3S. The van der Waals surface area contributed by atoms with Gasteiger partial charge in [-0.2, -0.15) is 0 Å². The first-order chi connectivity index (χ1) is 9.58. The predicted molar refractivity (Wildman–Crippen MR) is 91.4 cm³/mol. The topological polar surface area (TPSA) is 18.5 Å². The van der Waals surface area contributed by atoms with Crippen molar-refractivity contribution >= 4 is 27.3 Å². The lowest BCUT2D eigenvalue weighted by Gasteiger charge is -2.40. The quantitative estimate of drug-likeness (QED) is 0.842. The summed E-state index contributed by atoms with van der Waals surface area (Å²) < 4.78 is 1.23. The van der Waals surface area contributed by atoms with Crippen LogP contribution in [0.25, 0.3) is 0 Å². The highest BCUT2D eigenvalue weighted by atomic mass is 79.9. The maximum Gasteiger partial charge on any atom is 0.0327 e. The normalized spacial score (nSPS) is 19.6. The minimum absolute atomic E-state index is 0.641. The number of hydrogen-bond acceptors (Lipinski definition) is 4. The van der Waals surface area contributed by atoms with Crippen molar-refractivity contribution in [2.45, 2.75) is 26.4 Å². The minimum Gasteiger partial charge on any atom is -0.310 e. The summed E-state index contributed by atoms with van der Waals surface area (Å²) in [6, 6.07) is 2.77. The van der Waals surface area contributed by atoms with Gasteiger partial charge in [-0.05, 0) is 40.3 Å². The predicted octanol–water partition coefficient (Wildman–Crippen LogP) is 2.87. The van der Waals surface area contributed by atoms with E-state index in [1.54, 1.807) is 0 Å². The van der Waals surface area contributed by atoms with Crippen molar-refractivity contribution in [3.05, 3.63) is 20.8 Å². The summed E-state index contributed by atoms with van der Waals surface area (Å²) in [5.74, 6) is 0.692. The highest BCUT2D eigenvalue weighted by Crippen LogP contribution is 2.22. The molecule has 1 saturated heterocycles. The van der Waals surface area contributed by atoms with Crippen LogP contribution in [0.1, 0.15) is 18.7 Å². The average Bonchev–Trinajstić information content (AvgIpc) is 2.81. The molecule has 3 nitrogen and oxygen atoms in total. The summed E-state index contributed by atoms with van der Waals surface area (Å²) in [6.07, 6.45) is 0. The van der Waals surface area contributed by atoms with E-state index in [9.17, 15) is 0 Å². The van der Waals surface area contributed by atoms with Gasteiger partial charge in [0.15, 0.2) is 0 Å². The lowest BCUT2D eigenvalue weighted by atomic mass is 10.0. The molecule has 20 heavy (non-hydrogen) atoms. The molecule has 1 aliphatic heterocycles. The van der Waals surface area contributed by atoms with Gasteiger partial charge >= 0.3 is 0 Å². The molecule has 1 aromatic rings. The maximum absolute atomic E-state index is 3.64. The molecule has 0 spiro atoms. The Morgan fingerprint density at radius 2 is 2.00 bits per heavy atom. The van der Waals surface area contributed by atoms with Gasteiger partial charge in [0.25, 0.3) is 0 Å². The molecule has 1 fully saturated rings. The van der Waals surface area contributed by atoms with Gasteiger partial charge in [0.1, 0.15) is 0 Å². The van der Waals surface area contributed by atoms with Crippen LogP contribution in [0.15, 0.2) is 15.9 Å². The molecule has 0 amide bonds. The van der Waals surface area contributed by atoms with Gasteiger partial charge in [0.05, 0.1) is 0 Å². The number of nitrogens with zero attached hydrogens (tertiary/aromatic N) is 2. The van der Waals surface area contributed by atoms with Crippen molar-refractivity contribution in [3.8, 4) is 0 Å². The average molecular weight is 360 g/mol. The third-order valence-corrected chi connectivity index (χ3v) is 6.03. The Morgan fingerprint density at radius 3 is 2.55 bits per heavy atom. The number of halogens is 1. The Balaban J connectivity index is 1.82. The zero-order valence-electron chi connectivity index (χ0n) is 12.7. The zero-order valence-corrected chi connectivity index (χ0v) is 15.1. The molecule has 2 rings (SSSR count). The molecule has 1 atom stereocenters. The van der Waals surface area contributed by atoms with Crippen LogP contribution in [0.4, 0.5) is 0 Å². The second kappa shape index (κ2) is 7.90. The largest absolute Gasteiger partial charge is 0.310 e. The molecule has 0 radical (unpaired) electrons. The van der Waals surface area contributed by atoms with Crippen molar-refractivity contribution in [1.29, 1.82) is 0 Å². The molecule has 5 heteroatoms. The summed E-state index contributed by atoms with van der Waals surface area (Å²) in [6.45, 7) is 11.5. The van der Waals surface area contributed by atoms with Crippen LogP contribution < -0.4 is 5.32 Å². The van der Waals surface area contributed by atoms with E-state index in [-0.39, 0.29) is 0 Å². The molecule has 2 heterocycles. The third-order valence-electron chi connectivity index (χ3n) is 4.11. The van der Waals surface area contributed by atoms with Gasteiger partial charge in [0.2, 0.25) is 0 Å². The Hall–Kier alpha value is 0.0600. The van der Waals surface area contributed by atoms with Crippen LogP contribution in [-0.4, -0.2) is 55.6 Å². The van der Waals surface area contributed by atoms with Gasteiger partial charge in [-0.15, -0.1) is 11.3 Å². The van der Waals surface area contributed by atoms with Gasteiger partial charge in [-0.3, -0.25) is 4.90 Å². The molecule has 0 saturated carbocycles. The smallest absolute Gasteiger partial charge is 0.0327 e. The first-order valence-corrected chi connectivity index (χ1v) is 9.10. The van der Waals surface area contributed by atoms with E-state index in [4.69, 9.17) is 0 Å². The number of nitrogens with one attached hydrogen (secondary N) is 1. The van der Waals surface area contributed by atoms with Crippen molar-refractivity contribution in [2.75, 3.05) is 39.8 Å². The van der Waals surface area contributed by atoms with E-state index in [0.29, 0.717) is 12.0 Å². The summed E-state index contributed by atoms with van der Waals surface area (Å²) in [4.78, 5) is 6.47. The van der Waals surface area contributed by atoms with E-state index in [0.717, 1.165) is 13.1 Å². The standard InChI is InChI=1S/C15H26BrN3S/c1-12(2)14(19-7-5-18(3)6-8-19)10-17-11-15-13(16)4-9-20-15/h4,9,12,14,17H,5-8,10-11H2,1-3H3. The molecular weight excluding hydrogens is 334 g/mol. The van der Waals surface area contributed by atoms with Crippen LogP contribution in [0, 0.1) is 5.92 Å². The van der Waals surface area contributed by atoms with Crippen LogP contribution in [0.5, 0.6) is 0 Å². The van der Waals surface area contributed by atoms with Crippen molar-refractivity contribution in [2.24, 2.45) is 5.92 Å². The number of hydrogen-bond donors (Lipinski definition) is 1. The van der Waals surface area contributed by atoms with Crippen LogP contribution in [0.2, 0.25) is 0 Å². The fraction of sp³-hybridized carbons (Fsp3) is 0.733. The molecule has 114 valence electrons. The van der Waals surface area contributed by atoms with E-state index < -0.39 is 0 Å². The SMILES string of the molecule is CC(C)C(CNCc1sccc1Br)N1CCN(C)CC1. The highest BCUT2D eigenvalue weighted by Gasteiger charge is 2.24. The lowest BCUT2D eigenvalue weighted by Crippen LogP contribution is -2.53. The van der Waals surface area contributed by atoms with Crippen LogP contribution in [0.3, 0.4) is 0 Å². The molecule has 0 aromatic carbocycles. The van der Waals surface area contributed by atoms with Gasteiger partial charge in [-0.1, -0.05) is 13.8 Å². The van der Waals surface area contributed by atoms with Crippen molar-refractivity contribution in [3.63, 3.8) is 0 Å². The number of likely N-dealkylation sites (N-methyl/N-ethyl adjacent to an activating group) is 1. The third kappa shape index (κ3) is 4.53. The molecule has 1 aromatic heterocycles. The second-order valence-corrected chi connectivity index (χ2v) is 7.83. The molecule has 1 aliphatic rings. The first kappa shape index (κ1) is 16.4. The van der Waals surface area contributed by atoms with Crippen LogP contribution in [-0.2, 0) is 6.54 Å². The lowest BCUT2D eigenvalue weighted by molar-refractivity contribution is 0.0875. The zero-order chi connectivity index (χ0) is 14.5. The molecule has 1 N–H and O–H groups in total. The number of piperazine rings is 1. The fourth-order valence-corrected chi connectivity index (χ4v) is 4.19. The fourth-order valence-electron chi connectivity index (χ4n) is 2.72. The van der Waals surface area contributed by atoms with Gasteiger partial charge in [-0.25, -0.2) is 0 Å². The van der Waals surface area contributed by atoms with E-state index in [2.05, 4.69) is 63.4 Å². The van der Waals surface area contributed by atoms with Crippen molar-refractivity contribution in [1.82, 2.24) is 15.1 Å². The Labute approximate surface area is 135 Å².